The van der Waals surface area contributed by atoms with E-state index >= 15 is 8.78 Å². The molecular weight excluding hydrogens is 1060 g/mol. The first-order valence-corrected chi connectivity index (χ1v) is 28.7. The van der Waals surface area contributed by atoms with E-state index < -0.39 is 42.4 Å². The summed E-state index contributed by atoms with van der Waals surface area (Å²) in [5.41, 5.74) is 2.74. The zero-order chi connectivity index (χ0) is 52.9. The average molecular weight is 1130 g/mol. The molecule has 3 fully saturated rings. The van der Waals surface area contributed by atoms with Gasteiger partial charge >= 0.3 is 18.2 Å². The summed E-state index contributed by atoms with van der Waals surface area (Å²) in [6.45, 7) is 24.7. The number of benzene rings is 3. The molecule has 17 heteroatoms. The number of nitrogens with zero attached hydrogens (tertiary/aromatic N) is 6. The lowest BCUT2D eigenvalue weighted by molar-refractivity contribution is -0.126. The fourth-order valence-electron chi connectivity index (χ4n) is 11.2. The first kappa shape index (κ1) is 53.7. The zero-order valence-corrected chi connectivity index (χ0v) is 47.2. The van der Waals surface area contributed by atoms with E-state index in [9.17, 15) is 14.4 Å². The molecule has 3 atom stereocenters. The smallest absolute Gasteiger partial charge is 0.410 e. The lowest BCUT2D eigenvalue weighted by Crippen LogP contribution is -2.57. The minimum atomic E-state index is -2.33. The second kappa shape index (κ2) is 20.6. The number of carbonyl (C=O) groups is 3. The van der Waals surface area contributed by atoms with Gasteiger partial charge in [-0.05, 0) is 136 Å². The Hall–Kier alpha value is -5.61. The molecule has 3 saturated heterocycles. The summed E-state index contributed by atoms with van der Waals surface area (Å²) in [7, 11) is -2.33. The van der Waals surface area contributed by atoms with Crippen molar-refractivity contribution in [2.75, 3.05) is 43.0 Å². The Balaban J connectivity index is 1.25. The van der Waals surface area contributed by atoms with E-state index in [0.29, 0.717) is 62.9 Å². The number of fused-ring (bicyclic) bond motifs is 4. The summed E-state index contributed by atoms with van der Waals surface area (Å²) in [6, 6.07) is 15.2. The largest absolute Gasteiger partial charge is 0.462 e. The molecule has 3 unspecified atom stereocenters. The van der Waals surface area contributed by atoms with Crippen LogP contribution in [-0.2, 0) is 14.3 Å². The summed E-state index contributed by atoms with van der Waals surface area (Å²) in [5, 5.41) is 4.44. The highest BCUT2D eigenvalue weighted by Crippen LogP contribution is 2.43. The van der Waals surface area contributed by atoms with Crippen LogP contribution < -0.4 is 15.0 Å². The van der Waals surface area contributed by atoms with Gasteiger partial charge in [-0.1, -0.05) is 71.7 Å². The van der Waals surface area contributed by atoms with Crippen LogP contribution in [0.3, 0.4) is 0 Å². The average Bonchev–Trinajstić information content (AvgIpc) is 3.87. The molecule has 1 N–H and O–H groups in total. The van der Waals surface area contributed by atoms with Crippen molar-refractivity contribution in [1.82, 2.24) is 24.8 Å². The van der Waals surface area contributed by atoms with Crippen molar-refractivity contribution in [3.63, 3.8) is 0 Å². The fraction of sp³-hybridized carbons (Fsp3) is 0.500. The van der Waals surface area contributed by atoms with Crippen LogP contribution in [0, 0.1) is 32.1 Å². The molecule has 8 rings (SSSR count). The van der Waals surface area contributed by atoms with Crippen LogP contribution in [-0.4, -0.2) is 107 Å². The predicted molar refractivity (Wildman–Crippen MR) is 293 cm³/mol. The number of amides is 3. The third-order valence-electron chi connectivity index (χ3n) is 14.6. The zero-order valence-electron chi connectivity index (χ0n) is 44.1. The number of hydrogen-bond donors (Lipinski definition) is 1. The molecule has 2 aromatic heterocycles. The van der Waals surface area contributed by atoms with Gasteiger partial charge in [0.2, 0.25) is 5.91 Å². The third-order valence-corrected chi connectivity index (χ3v) is 21.6. The van der Waals surface area contributed by atoms with Crippen molar-refractivity contribution in [2.45, 2.75) is 142 Å². The minimum absolute atomic E-state index is 0.0328. The van der Waals surface area contributed by atoms with Gasteiger partial charge in [-0.25, -0.2) is 18.4 Å². The monoisotopic (exact) mass is 1130 g/mol. The van der Waals surface area contributed by atoms with Gasteiger partial charge in [0, 0.05) is 52.6 Å². The van der Waals surface area contributed by atoms with Crippen LogP contribution in [0.4, 0.5) is 29.9 Å². The Kier molecular flexibility index (Phi) is 15.1. The first-order valence-electron chi connectivity index (χ1n) is 25.4. The highest BCUT2D eigenvalue weighted by Gasteiger charge is 2.49. The number of halogens is 3. The van der Waals surface area contributed by atoms with Gasteiger partial charge < -0.3 is 29.3 Å². The summed E-state index contributed by atoms with van der Waals surface area (Å²) in [6.07, 6.45) is 2.27. The number of rotatable bonds is 10. The van der Waals surface area contributed by atoms with Crippen LogP contribution in [0.1, 0.15) is 108 Å². The number of anilines is 2. The number of carbonyl (C=O) groups excluding carboxylic acids is 3. The molecule has 0 saturated carbocycles. The van der Waals surface area contributed by atoms with Gasteiger partial charge in [-0.2, -0.15) is 9.97 Å². The Bertz CT molecular complexity index is 2970. The lowest BCUT2D eigenvalue weighted by atomic mass is 9.87. The molecule has 0 radical (unpaired) electrons. The molecular formula is C56H68F2IN7O6Si. The van der Waals surface area contributed by atoms with E-state index in [0.717, 1.165) is 16.4 Å². The minimum Gasteiger partial charge on any atom is -0.462 e. The maximum Gasteiger partial charge on any atom is 0.410 e. The molecule has 3 aliphatic heterocycles. The van der Waals surface area contributed by atoms with Gasteiger partial charge in [0.1, 0.15) is 54.1 Å². The van der Waals surface area contributed by atoms with E-state index in [4.69, 9.17) is 29.2 Å². The SMILES string of the molecule is CC(C)[Si](C#Cc1c(F)ccc2cccc(-c3ncc4c(N5CC6CCC(C5)N6C(=O)OC(C)(C)C)nc(OCC5(C(=O)Nc6ccc(I)cc6)CCN(C(=O)OC(C)(C)C)C5)nc4c3F)c12)(C(C)C)C(C)C. The highest BCUT2D eigenvalue weighted by atomic mass is 127. The maximum absolute atomic E-state index is 18.0. The van der Waals surface area contributed by atoms with Gasteiger partial charge in [0.15, 0.2) is 5.82 Å². The summed E-state index contributed by atoms with van der Waals surface area (Å²) in [4.78, 5) is 61.4. The van der Waals surface area contributed by atoms with Crippen molar-refractivity contribution in [3.8, 4) is 28.7 Å². The molecule has 5 aromatic rings. The van der Waals surface area contributed by atoms with Crippen LogP contribution in [0.5, 0.6) is 6.01 Å². The normalized spacial score (nSPS) is 19.2. The van der Waals surface area contributed by atoms with Crippen LogP contribution >= 0.6 is 22.6 Å². The van der Waals surface area contributed by atoms with Gasteiger partial charge in [-0.3, -0.25) is 14.7 Å². The number of pyridine rings is 1. The highest BCUT2D eigenvalue weighted by molar-refractivity contribution is 14.1. The van der Waals surface area contributed by atoms with E-state index in [2.05, 4.69) is 80.9 Å². The Morgan fingerprint density at radius 2 is 1.49 bits per heavy atom. The van der Waals surface area contributed by atoms with Crippen LogP contribution in [0.25, 0.3) is 32.9 Å². The van der Waals surface area contributed by atoms with Crippen molar-refractivity contribution in [2.24, 2.45) is 5.41 Å². The fourth-order valence-corrected chi connectivity index (χ4v) is 16.8. The topological polar surface area (TPSA) is 139 Å². The van der Waals surface area contributed by atoms with E-state index in [1.807, 2.05) is 48.8 Å². The number of hydrogen-bond acceptors (Lipinski definition) is 10. The van der Waals surface area contributed by atoms with Crippen molar-refractivity contribution >= 4 is 81.9 Å². The number of likely N-dealkylation sites (tertiary alicyclic amines) is 1. The second-order valence-electron chi connectivity index (χ2n) is 22.8. The van der Waals surface area contributed by atoms with E-state index in [1.54, 1.807) is 57.3 Å². The first-order chi connectivity index (χ1) is 34.3. The number of piperazine rings is 1. The molecule has 3 aromatic carbocycles. The van der Waals surface area contributed by atoms with Gasteiger partial charge in [-0.15, -0.1) is 5.54 Å². The number of nitrogens with one attached hydrogen (secondary N) is 1. The van der Waals surface area contributed by atoms with Crippen LogP contribution in [0.2, 0.25) is 16.6 Å². The summed E-state index contributed by atoms with van der Waals surface area (Å²) < 4.78 is 53.4. The standard InChI is InChI=1S/C56H68F2IN7O6Si/c1-33(2)73(34(3)4,35(5)6)27-24-41-44(57)23-16-36-14-13-15-42(45(36)41)47-46(58)48-43(28-60-47)49(65-29-39-21-22-40(30-65)66(39)53(69)72-55(10,11)12)63-51(62-48)70-32-56(50(67)61-38-19-17-37(59)18-20-38)25-26-64(31-56)52(68)71-54(7,8)9/h13-20,23,28,33-35,39-40H,21-22,25-26,29-32H2,1-12H3,(H,61,67). The third kappa shape index (κ3) is 11.0. The predicted octanol–water partition coefficient (Wildman–Crippen LogP) is 12.5. The van der Waals surface area contributed by atoms with Crippen LogP contribution in [0.15, 0.2) is 60.8 Å². The quantitative estimate of drug-likeness (QED) is 0.0817. The van der Waals surface area contributed by atoms with Gasteiger partial charge in [0.25, 0.3) is 0 Å². The van der Waals surface area contributed by atoms with Crippen molar-refractivity contribution in [3.05, 3.63) is 81.6 Å². The second-order valence-corrected chi connectivity index (χ2v) is 29.7. The van der Waals surface area contributed by atoms with E-state index in [-0.39, 0.29) is 73.0 Å². The Morgan fingerprint density at radius 1 is 0.863 bits per heavy atom. The Morgan fingerprint density at radius 3 is 2.11 bits per heavy atom. The number of aromatic nitrogens is 3. The molecule has 0 spiro atoms. The maximum atomic E-state index is 18.0. The molecule has 2 bridgehead atoms. The van der Waals surface area contributed by atoms with Crippen molar-refractivity contribution < 1.29 is 37.4 Å². The summed E-state index contributed by atoms with van der Waals surface area (Å²) >= 11 is 2.19. The molecule has 388 valence electrons. The van der Waals surface area contributed by atoms with E-state index in [1.165, 1.54) is 11.0 Å². The molecule has 3 amide bonds. The number of ether oxygens (including phenoxy) is 3. The molecule has 73 heavy (non-hydrogen) atoms. The molecule has 5 heterocycles. The summed E-state index contributed by atoms with van der Waals surface area (Å²) in [5.74, 6) is 2.00. The lowest BCUT2D eigenvalue weighted by Gasteiger charge is -2.42. The molecule has 13 nitrogen and oxygen atoms in total. The molecule has 3 aliphatic rings. The molecule has 0 aliphatic carbocycles. The van der Waals surface area contributed by atoms with Gasteiger partial charge in [0.05, 0.1) is 23.0 Å². The van der Waals surface area contributed by atoms with Crippen molar-refractivity contribution in [1.29, 1.82) is 0 Å². The Labute approximate surface area is 442 Å².